The maximum atomic E-state index is 12.8. The largest absolute Gasteiger partial charge is 0.462 e. The summed E-state index contributed by atoms with van der Waals surface area (Å²) in [5.41, 5.74) is 0. The highest BCUT2D eigenvalue weighted by Gasteiger charge is 2.44. The van der Waals surface area contributed by atoms with Crippen LogP contribution in [0.3, 0.4) is 0 Å². The molecule has 0 bridgehead atoms. The molecule has 0 spiro atoms. The van der Waals surface area contributed by atoms with Gasteiger partial charge in [0.25, 0.3) is 0 Å². The first kappa shape index (κ1) is 53.9. The number of hydrogen-bond donors (Lipinski definition) is 4. The van der Waals surface area contributed by atoms with Crippen molar-refractivity contribution in [3.63, 3.8) is 0 Å². The molecular formula is C48H86O10. The third kappa shape index (κ3) is 30.0. The van der Waals surface area contributed by atoms with Crippen molar-refractivity contribution in [2.24, 2.45) is 0 Å². The Morgan fingerprint density at radius 3 is 1.52 bits per heavy atom. The number of carbonyl (C=O) groups is 2. The van der Waals surface area contributed by atoms with Crippen LogP contribution in [-0.2, 0) is 28.5 Å². The van der Waals surface area contributed by atoms with Crippen LogP contribution in [0, 0.1) is 0 Å². The van der Waals surface area contributed by atoms with Gasteiger partial charge >= 0.3 is 11.9 Å². The van der Waals surface area contributed by atoms with Crippen LogP contribution in [0.4, 0.5) is 0 Å². The number of esters is 2. The van der Waals surface area contributed by atoms with E-state index in [-0.39, 0.29) is 32.0 Å². The van der Waals surface area contributed by atoms with Crippen LogP contribution in [0.15, 0.2) is 36.5 Å². The van der Waals surface area contributed by atoms with E-state index in [0.717, 1.165) is 57.8 Å². The van der Waals surface area contributed by atoms with Gasteiger partial charge in [0, 0.05) is 12.8 Å². The lowest BCUT2D eigenvalue weighted by molar-refractivity contribution is -0.305. The van der Waals surface area contributed by atoms with Gasteiger partial charge in [0.2, 0.25) is 0 Å². The number of hydrogen-bond acceptors (Lipinski definition) is 10. The van der Waals surface area contributed by atoms with Gasteiger partial charge < -0.3 is 39.4 Å². The maximum Gasteiger partial charge on any atom is 0.306 e. The Kier molecular flexibility index (Phi) is 36.3. The molecule has 1 fully saturated rings. The second-order valence-electron chi connectivity index (χ2n) is 16.2. The van der Waals surface area contributed by atoms with Crippen molar-refractivity contribution in [1.82, 2.24) is 0 Å². The molecule has 58 heavy (non-hydrogen) atoms. The Labute approximate surface area is 353 Å². The molecule has 0 aromatic rings. The molecule has 10 heteroatoms. The second-order valence-corrected chi connectivity index (χ2v) is 16.2. The molecule has 0 radical (unpaired) electrons. The smallest absolute Gasteiger partial charge is 0.306 e. The van der Waals surface area contributed by atoms with Crippen LogP contribution in [0.25, 0.3) is 0 Å². The van der Waals surface area contributed by atoms with Gasteiger partial charge in [-0.25, -0.2) is 0 Å². The molecule has 1 aliphatic heterocycles. The predicted octanol–water partition coefficient (Wildman–Crippen LogP) is 10.3. The van der Waals surface area contributed by atoms with Crippen molar-refractivity contribution in [3.05, 3.63) is 36.5 Å². The van der Waals surface area contributed by atoms with E-state index in [2.05, 4.69) is 32.1 Å². The fourth-order valence-corrected chi connectivity index (χ4v) is 7.13. The average Bonchev–Trinajstić information content (AvgIpc) is 3.22. The van der Waals surface area contributed by atoms with Gasteiger partial charge in [-0.1, -0.05) is 192 Å². The lowest BCUT2D eigenvalue weighted by Crippen LogP contribution is -2.59. The predicted molar refractivity (Wildman–Crippen MR) is 233 cm³/mol. The second kappa shape index (κ2) is 39.1. The summed E-state index contributed by atoms with van der Waals surface area (Å²) in [7, 11) is 0. The van der Waals surface area contributed by atoms with Crippen LogP contribution < -0.4 is 0 Å². The number of allylic oxidation sites excluding steroid dienone is 6. The Morgan fingerprint density at radius 1 is 0.552 bits per heavy atom. The molecular weight excluding hydrogens is 737 g/mol. The molecule has 0 saturated carbocycles. The van der Waals surface area contributed by atoms with E-state index in [9.17, 15) is 30.0 Å². The van der Waals surface area contributed by atoms with Crippen molar-refractivity contribution in [1.29, 1.82) is 0 Å². The van der Waals surface area contributed by atoms with Crippen LogP contribution in [0.5, 0.6) is 0 Å². The average molecular weight is 823 g/mol. The number of rotatable bonds is 39. The zero-order valence-corrected chi connectivity index (χ0v) is 36.8. The fourth-order valence-electron chi connectivity index (χ4n) is 7.13. The Balaban J connectivity index is 2.27. The minimum atomic E-state index is -1.60. The number of unbranched alkanes of at least 4 members (excludes halogenated alkanes) is 24. The molecule has 6 atom stereocenters. The molecule has 0 aromatic carbocycles. The Hall–Kier alpha value is -2.08. The highest BCUT2D eigenvalue weighted by molar-refractivity contribution is 5.70. The molecule has 1 rings (SSSR count). The van der Waals surface area contributed by atoms with Crippen molar-refractivity contribution < 1.29 is 49.0 Å². The van der Waals surface area contributed by atoms with Crippen LogP contribution >= 0.6 is 0 Å². The molecule has 4 N–H and O–H groups in total. The van der Waals surface area contributed by atoms with E-state index in [1.807, 2.05) is 18.2 Å². The van der Waals surface area contributed by atoms with E-state index < -0.39 is 49.4 Å². The molecule has 338 valence electrons. The Bertz CT molecular complexity index is 1040. The first-order valence-corrected chi connectivity index (χ1v) is 23.6. The van der Waals surface area contributed by atoms with Crippen LogP contribution in [0.2, 0.25) is 0 Å². The normalized spacial score (nSPS) is 20.4. The molecule has 1 aliphatic rings. The number of aliphatic hydroxyl groups excluding tert-OH is 4. The quantitative estimate of drug-likeness (QED) is 0.0268. The molecule has 0 amide bonds. The minimum absolute atomic E-state index is 0.208. The van der Waals surface area contributed by atoms with E-state index in [1.54, 1.807) is 0 Å². The summed E-state index contributed by atoms with van der Waals surface area (Å²) in [4.78, 5) is 25.3. The van der Waals surface area contributed by atoms with Gasteiger partial charge in [-0.15, -0.1) is 0 Å². The number of ether oxygens (including phenoxy) is 4. The summed E-state index contributed by atoms with van der Waals surface area (Å²) in [6.07, 6.45) is 37.3. The first-order chi connectivity index (χ1) is 28.3. The zero-order chi connectivity index (χ0) is 42.3. The number of carbonyl (C=O) groups excluding carboxylic acids is 2. The molecule has 3 unspecified atom stereocenters. The van der Waals surface area contributed by atoms with E-state index in [0.29, 0.717) is 6.42 Å². The lowest BCUT2D eigenvalue weighted by Gasteiger charge is -2.39. The minimum Gasteiger partial charge on any atom is -0.462 e. The first-order valence-electron chi connectivity index (χ1n) is 23.6. The summed E-state index contributed by atoms with van der Waals surface area (Å²) in [5.74, 6) is -0.824. The molecule has 1 heterocycles. The van der Waals surface area contributed by atoms with Crippen molar-refractivity contribution >= 4 is 11.9 Å². The topological polar surface area (TPSA) is 152 Å². The third-order valence-corrected chi connectivity index (χ3v) is 10.9. The SMILES string of the molecule is CC/C=C/C=C/C=C/CCCCCCCC(=O)OC(COC(=O)CCCCCCCCCCCCCCCCCCCCCC)CO[C@H]1O[C@@H](CO)[C@@H](O)C(O)C1O. The van der Waals surface area contributed by atoms with Gasteiger partial charge in [-0.2, -0.15) is 0 Å². The van der Waals surface area contributed by atoms with Crippen molar-refractivity contribution in [2.75, 3.05) is 19.8 Å². The van der Waals surface area contributed by atoms with Crippen LogP contribution in [0.1, 0.15) is 200 Å². The van der Waals surface area contributed by atoms with Crippen LogP contribution in [-0.4, -0.2) is 89.0 Å². The summed E-state index contributed by atoms with van der Waals surface area (Å²) in [6, 6.07) is 0. The lowest BCUT2D eigenvalue weighted by atomic mass is 9.99. The van der Waals surface area contributed by atoms with E-state index in [1.165, 1.54) is 109 Å². The summed E-state index contributed by atoms with van der Waals surface area (Å²) in [6.45, 7) is 3.29. The molecule has 0 aromatic heterocycles. The number of aliphatic hydroxyl groups is 4. The van der Waals surface area contributed by atoms with Gasteiger partial charge in [0.1, 0.15) is 31.0 Å². The van der Waals surface area contributed by atoms with Gasteiger partial charge in [0.05, 0.1) is 13.2 Å². The summed E-state index contributed by atoms with van der Waals surface area (Å²) < 4.78 is 22.2. The van der Waals surface area contributed by atoms with Crippen molar-refractivity contribution in [2.45, 2.75) is 237 Å². The van der Waals surface area contributed by atoms with Gasteiger partial charge in [-0.3, -0.25) is 9.59 Å². The maximum absolute atomic E-state index is 12.8. The van der Waals surface area contributed by atoms with Gasteiger partial charge in [0.15, 0.2) is 12.4 Å². The highest BCUT2D eigenvalue weighted by atomic mass is 16.7. The molecule has 1 saturated heterocycles. The van der Waals surface area contributed by atoms with Crippen molar-refractivity contribution in [3.8, 4) is 0 Å². The van der Waals surface area contributed by atoms with E-state index in [4.69, 9.17) is 18.9 Å². The highest BCUT2D eigenvalue weighted by Crippen LogP contribution is 2.23. The summed E-state index contributed by atoms with van der Waals surface area (Å²) in [5, 5.41) is 40.1. The van der Waals surface area contributed by atoms with Gasteiger partial charge in [-0.05, 0) is 32.1 Å². The Morgan fingerprint density at radius 2 is 1.02 bits per heavy atom. The van der Waals surface area contributed by atoms with E-state index >= 15 is 0 Å². The monoisotopic (exact) mass is 823 g/mol. The third-order valence-electron chi connectivity index (χ3n) is 10.9. The summed E-state index contributed by atoms with van der Waals surface area (Å²) >= 11 is 0. The molecule has 0 aliphatic carbocycles. The zero-order valence-electron chi connectivity index (χ0n) is 36.8. The molecule has 10 nitrogen and oxygen atoms in total. The fraction of sp³-hybridized carbons (Fsp3) is 0.833. The standard InChI is InChI=1S/C48H86O10/c1-3-5-7-9-11-13-15-17-18-19-20-21-22-23-25-26-28-30-32-34-36-43(50)55-39-41(40-56-48-47(54)46(53)45(52)42(38-49)58-48)57-44(51)37-35-33-31-29-27-24-16-14-12-10-8-6-4-2/h6,8,10,12,14,16,41-42,45-49,52-54H,3-5,7,9,11,13,15,17-40H2,1-2H3/b8-6+,12-10+,16-14+/t41?,42-,45+,46?,47?,48-/m0/s1.